The Bertz CT molecular complexity index is 978. The average molecular weight is 431 g/mol. The molecule has 3 aromatic rings. The van der Waals surface area contributed by atoms with Crippen LogP contribution in [0.1, 0.15) is 34.5 Å². The molecule has 1 aromatic carbocycles. The predicted molar refractivity (Wildman–Crippen MR) is 104 cm³/mol. The van der Waals surface area contributed by atoms with Crippen LogP contribution in [0.25, 0.3) is 10.6 Å². The molecule has 3 rings (SSSR count). The molecule has 0 aliphatic heterocycles. The van der Waals surface area contributed by atoms with Crippen LogP contribution in [0.4, 0.5) is 4.69 Å². The Morgan fingerprint density at radius 3 is 2.54 bits per heavy atom. The zero-order valence-corrected chi connectivity index (χ0v) is 17.0. The molecule has 2 heterocycles. The quantitative estimate of drug-likeness (QED) is 0.269. The van der Waals surface area contributed by atoms with Gasteiger partial charge >= 0.3 is 161 Å². The van der Waals surface area contributed by atoms with Crippen molar-refractivity contribution in [2.45, 2.75) is 20.8 Å². The predicted octanol–water partition coefficient (Wildman–Crippen LogP) is 3.16. The van der Waals surface area contributed by atoms with E-state index in [0.29, 0.717) is 20.5 Å². The van der Waals surface area contributed by atoms with E-state index in [1.54, 1.807) is 13.1 Å². The Labute approximate surface area is 161 Å². The first-order valence-electron chi connectivity index (χ1n) is 7.79. The van der Waals surface area contributed by atoms with E-state index in [1.807, 2.05) is 35.7 Å². The second kappa shape index (κ2) is 7.86. The molecule has 0 aliphatic rings. The molecule has 0 spiro atoms. The first-order chi connectivity index (χ1) is 12.5. The van der Waals surface area contributed by atoms with Crippen LogP contribution in [0.15, 0.2) is 40.8 Å². The third kappa shape index (κ3) is 4.04. The van der Waals surface area contributed by atoms with Crippen LogP contribution < -0.4 is 5.01 Å². The summed E-state index contributed by atoms with van der Waals surface area (Å²) in [6.45, 7) is 4.72. The van der Waals surface area contributed by atoms with Crippen molar-refractivity contribution < 1.29 is 9.59 Å². The Morgan fingerprint density at radius 2 is 1.92 bits per heavy atom. The third-order valence-electron chi connectivity index (χ3n) is 3.43. The number of hydrogen-bond donors (Lipinski definition) is 0. The Balaban J connectivity index is 1.85. The number of carbonyl (C=O) groups excluding carboxylic acids is 2. The first kappa shape index (κ1) is 18.4. The van der Waals surface area contributed by atoms with E-state index in [9.17, 15) is 9.59 Å². The Morgan fingerprint density at radius 1 is 1.19 bits per heavy atom. The molecule has 0 saturated carbocycles. The van der Waals surface area contributed by atoms with E-state index in [-0.39, 0.29) is 26.2 Å². The van der Waals surface area contributed by atoms with Crippen LogP contribution >= 0.6 is 11.3 Å². The number of amides is 1. The van der Waals surface area contributed by atoms with Gasteiger partial charge in [-0.05, 0) is 0 Å². The average Bonchev–Trinajstić information content (AvgIpc) is 3.23. The van der Waals surface area contributed by atoms with E-state index in [0.717, 1.165) is 10.6 Å². The number of ketones is 1. The number of carbonyl (C=O) groups is 2. The van der Waals surface area contributed by atoms with Crippen molar-refractivity contribution in [3.05, 3.63) is 51.5 Å². The summed E-state index contributed by atoms with van der Waals surface area (Å²) in [4.78, 5) is 32.5. The maximum atomic E-state index is 12.0. The number of Topliss-reactive ketones (excluding diaryl/α,β-unsaturated/α-hetero) is 1. The molecule has 6 nitrogen and oxygen atoms in total. The van der Waals surface area contributed by atoms with Gasteiger partial charge in [0.15, 0.2) is 0 Å². The van der Waals surface area contributed by atoms with Crippen molar-refractivity contribution in [3.8, 4) is 10.6 Å². The van der Waals surface area contributed by atoms with Crippen molar-refractivity contribution in [1.82, 2.24) is 9.97 Å². The van der Waals surface area contributed by atoms with Crippen LogP contribution in [-0.2, 0) is 4.79 Å². The summed E-state index contributed by atoms with van der Waals surface area (Å²) in [5.74, 6) is -0.265. The molecule has 0 radical (unpaired) electrons. The van der Waals surface area contributed by atoms with Crippen molar-refractivity contribution >= 4 is 48.4 Å². The number of aryl methyl sites for hydroxylation is 1. The SMILES string of the molecule is CC(=O)c1[se]c(N(/N=C/c2csc(-c3ccccc3)n2)C(C)=O)nc1C. The van der Waals surface area contributed by atoms with Crippen molar-refractivity contribution in [2.75, 3.05) is 5.01 Å². The van der Waals surface area contributed by atoms with Crippen molar-refractivity contribution in [3.63, 3.8) is 0 Å². The number of hydrazone groups is 1. The van der Waals surface area contributed by atoms with Crippen LogP contribution in [0, 0.1) is 6.92 Å². The molecule has 0 bridgehead atoms. The van der Waals surface area contributed by atoms with Crippen LogP contribution in [0.5, 0.6) is 0 Å². The van der Waals surface area contributed by atoms with Gasteiger partial charge in [0.1, 0.15) is 0 Å². The topological polar surface area (TPSA) is 75.5 Å². The summed E-state index contributed by atoms with van der Waals surface area (Å²) in [7, 11) is 0. The fourth-order valence-electron chi connectivity index (χ4n) is 2.24. The minimum atomic E-state index is -0.323. The minimum absolute atomic E-state index is 0.0132. The fraction of sp³-hybridized carbons (Fsp3) is 0.167. The van der Waals surface area contributed by atoms with Gasteiger partial charge < -0.3 is 0 Å². The molecular weight excluding hydrogens is 415 g/mol. The summed E-state index contributed by atoms with van der Waals surface area (Å²) < 4.78 is 1.19. The molecule has 1 amide bonds. The normalized spacial score (nSPS) is 11.0. The molecule has 0 saturated heterocycles. The molecule has 0 atom stereocenters. The van der Waals surface area contributed by atoms with E-state index in [4.69, 9.17) is 0 Å². The first-order valence-corrected chi connectivity index (χ1v) is 10.4. The van der Waals surface area contributed by atoms with Crippen LogP contribution in [-0.4, -0.2) is 42.4 Å². The summed E-state index contributed by atoms with van der Waals surface area (Å²) in [6.07, 6.45) is 1.55. The fourth-order valence-corrected chi connectivity index (χ4v) is 5.04. The zero-order chi connectivity index (χ0) is 18.7. The molecule has 26 heavy (non-hydrogen) atoms. The molecule has 0 fully saturated rings. The third-order valence-corrected chi connectivity index (χ3v) is 6.93. The Hall–Kier alpha value is -2.41. The molecule has 2 aromatic heterocycles. The number of aromatic nitrogens is 2. The van der Waals surface area contributed by atoms with Gasteiger partial charge in [0, 0.05) is 0 Å². The second-order valence-corrected chi connectivity index (χ2v) is 8.40. The van der Waals surface area contributed by atoms with E-state index in [2.05, 4.69) is 15.1 Å². The van der Waals surface area contributed by atoms with Gasteiger partial charge in [-0.25, -0.2) is 0 Å². The molecule has 0 unspecified atom stereocenters. The number of thiazole rings is 1. The molecule has 8 heteroatoms. The van der Waals surface area contributed by atoms with Gasteiger partial charge in [0.2, 0.25) is 0 Å². The second-order valence-electron chi connectivity index (χ2n) is 5.49. The number of nitrogens with zero attached hydrogens (tertiary/aromatic N) is 4. The van der Waals surface area contributed by atoms with Gasteiger partial charge in [-0.2, -0.15) is 0 Å². The van der Waals surface area contributed by atoms with Gasteiger partial charge in [-0.1, -0.05) is 0 Å². The van der Waals surface area contributed by atoms with Crippen molar-refractivity contribution in [2.24, 2.45) is 5.10 Å². The van der Waals surface area contributed by atoms with Crippen LogP contribution in [0.3, 0.4) is 0 Å². The standard InChI is InChI=1S/C18H16N4O2SSe/c1-11-16(12(2)23)26-18(20-11)22(13(3)24)19-9-15-10-25-17(21-15)14-7-5-4-6-8-14/h4-10H,1-3H3/b19-9+. The molecule has 132 valence electrons. The summed E-state index contributed by atoms with van der Waals surface area (Å²) in [5, 5.41) is 8.29. The number of hydrogen-bond acceptors (Lipinski definition) is 6. The van der Waals surface area contributed by atoms with E-state index in [1.165, 1.54) is 30.2 Å². The van der Waals surface area contributed by atoms with Crippen LogP contribution in [0.2, 0.25) is 0 Å². The zero-order valence-electron chi connectivity index (χ0n) is 14.5. The van der Waals surface area contributed by atoms with Crippen molar-refractivity contribution in [1.29, 1.82) is 0 Å². The number of anilines is 1. The molecular formula is C18H16N4O2SSe. The number of benzene rings is 1. The maximum absolute atomic E-state index is 12.0. The van der Waals surface area contributed by atoms with Gasteiger partial charge in [0.25, 0.3) is 0 Å². The van der Waals surface area contributed by atoms with E-state index >= 15 is 0 Å². The monoisotopic (exact) mass is 432 g/mol. The molecule has 0 N–H and O–H groups in total. The van der Waals surface area contributed by atoms with Gasteiger partial charge in [-0.15, -0.1) is 0 Å². The Kier molecular flexibility index (Phi) is 5.56. The van der Waals surface area contributed by atoms with Gasteiger partial charge in [-0.3, -0.25) is 0 Å². The van der Waals surface area contributed by atoms with Gasteiger partial charge in [0.05, 0.1) is 0 Å². The summed E-state index contributed by atoms with van der Waals surface area (Å²) in [5.41, 5.74) is 2.37. The molecule has 0 aliphatic carbocycles. The summed E-state index contributed by atoms with van der Waals surface area (Å²) >= 11 is 1.19. The van der Waals surface area contributed by atoms with E-state index < -0.39 is 0 Å². The number of rotatable bonds is 5. The summed E-state index contributed by atoms with van der Waals surface area (Å²) in [6, 6.07) is 9.87.